The van der Waals surface area contributed by atoms with Gasteiger partial charge in [0.15, 0.2) is 0 Å². The van der Waals surface area contributed by atoms with Crippen molar-refractivity contribution in [2.45, 2.75) is 52.6 Å². The average Bonchev–Trinajstić information content (AvgIpc) is 2.98. The molecule has 0 aliphatic rings. The number of aromatic nitrogens is 2. The van der Waals surface area contributed by atoms with Gasteiger partial charge in [-0.05, 0) is 90.6 Å². The summed E-state index contributed by atoms with van der Waals surface area (Å²) in [5, 5.41) is 0. The lowest BCUT2D eigenvalue weighted by molar-refractivity contribution is 0.443. The van der Waals surface area contributed by atoms with E-state index in [1.807, 2.05) is 0 Å². The molecule has 0 amide bonds. The van der Waals surface area contributed by atoms with Gasteiger partial charge < -0.3 is 8.47 Å². The summed E-state index contributed by atoms with van der Waals surface area (Å²) in [5.41, 5.74) is -0.00196. The standard InChI is InChI=1S/C16H28N4Si/c1-15(2,3)17-21(18-16(4,5)6,19-11-7-8-12-19)20-13-9-10-14-20/h7-14,17-18H,1-6H3. The van der Waals surface area contributed by atoms with Crippen LogP contribution >= 0.6 is 0 Å². The van der Waals surface area contributed by atoms with Gasteiger partial charge in [0.2, 0.25) is 0 Å². The summed E-state index contributed by atoms with van der Waals surface area (Å²) in [4.78, 5) is 7.77. The van der Waals surface area contributed by atoms with Crippen LogP contribution in [0.2, 0.25) is 0 Å². The summed E-state index contributed by atoms with van der Waals surface area (Å²) in [5.74, 6) is 0. The third kappa shape index (κ3) is 3.87. The molecule has 116 valence electrons. The first kappa shape index (κ1) is 16.1. The third-order valence-corrected chi connectivity index (χ3v) is 7.34. The zero-order valence-corrected chi connectivity index (χ0v) is 15.0. The van der Waals surface area contributed by atoms with Crippen molar-refractivity contribution >= 4 is 8.72 Å². The van der Waals surface area contributed by atoms with Crippen LogP contribution in [0, 0.1) is 0 Å². The third-order valence-electron chi connectivity index (χ3n) is 3.05. The Morgan fingerprint density at radius 2 is 0.905 bits per heavy atom. The molecule has 0 aliphatic heterocycles. The summed E-state index contributed by atoms with van der Waals surface area (Å²) in [6.45, 7) is 13.3. The lowest BCUT2D eigenvalue weighted by atomic mass is 10.1. The van der Waals surface area contributed by atoms with Crippen LogP contribution in [-0.2, 0) is 0 Å². The maximum Gasteiger partial charge on any atom is 0.442 e. The summed E-state index contributed by atoms with van der Waals surface area (Å²) < 4.78 is 4.62. The van der Waals surface area contributed by atoms with Crippen LogP contribution in [0.4, 0.5) is 0 Å². The van der Waals surface area contributed by atoms with E-state index in [2.05, 4.69) is 109 Å². The molecule has 0 spiro atoms. The van der Waals surface area contributed by atoms with Crippen molar-refractivity contribution in [3.63, 3.8) is 0 Å². The number of hydrogen-bond acceptors (Lipinski definition) is 2. The highest BCUT2D eigenvalue weighted by molar-refractivity contribution is 6.72. The molecule has 0 unspecified atom stereocenters. The Kier molecular flexibility index (Phi) is 4.19. The molecule has 0 aliphatic carbocycles. The second-order valence-corrected chi connectivity index (χ2v) is 10.5. The Labute approximate surface area is 129 Å². The van der Waals surface area contributed by atoms with Crippen molar-refractivity contribution in [1.82, 2.24) is 18.4 Å². The molecule has 2 rings (SSSR count). The van der Waals surface area contributed by atoms with E-state index in [1.165, 1.54) is 0 Å². The predicted octanol–water partition coefficient (Wildman–Crippen LogP) is 2.90. The van der Waals surface area contributed by atoms with Gasteiger partial charge in [0.25, 0.3) is 0 Å². The predicted molar refractivity (Wildman–Crippen MR) is 91.2 cm³/mol. The zero-order chi connectivity index (χ0) is 15.7. The Bertz CT molecular complexity index is 492. The van der Waals surface area contributed by atoms with E-state index >= 15 is 0 Å². The minimum absolute atomic E-state index is 0.000980. The van der Waals surface area contributed by atoms with Crippen LogP contribution in [0.5, 0.6) is 0 Å². The van der Waals surface area contributed by atoms with Gasteiger partial charge in [-0.25, -0.2) is 0 Å². The molecular weight excluding hydrogens is 276 g/mol. The molecule has 0 bridgehead atoms. The Balaban J connectivity index is 2.59. The van der Waals surface area contributed by atoms with E-state index in [0.717, 1.165) is 0 Å². The minimum atomic E-state index is -2.38. The van der Waals surface area contributed by atoms with Crippen LogP contribution in [0.1, 0.15) is 41.5 Å². The molecule has 0 radical (unpaired) electrons. The molecule has 21 heavy (non-hydrogen) atoms. The first-order valence-electron chi connectivity index (χ1n) is 7.48. The van der Waals surface area contributed by atoms with Gasteiger partial charge in [0, 0.05) is 11.1 Å². The summed E-state index contributed by atoms with van der Waals surface area (Å²) in [7, 11) is -2.38. The monoisotopic (exact) mass is 304 g/mol. The van der Waals surface area contributed by atoms with Crippen molar-refractivity contribution in [3.05, 3.63) is 49.1 Å². The van der Waals surface area contributed by atoms with Gasteiger partial charge in [-0.2, -0.15) is 0 Å². The Morgan fingerprint density at radius 1 is 0.619 bits per heavy atom. The zero-order valence-electron chi connectivity index (χ0n) is 14.0. The fourth-order valence-electron chi connectivity index (χ4n) is 2.57. The topological polar surface area (TPSA) is 33.9 Å². The number of nitrogens with zero attached hydrogens (tertiary/aromatic N) is 2. The quantitative estimate of drug-likeness (QED) is 0.852. The fourth-order valence-corrected chi connectivity index (χ4v) is 6.71. The van der Waals surface area contributed by atoms with Crippen LogP contribution < -0.4 is 9.96 Å². The van der Waals surface area contributed by atoms with E-state index < -0.39 is 8.72 Å². The highest BCUT2D eigenvalue weighted by atomic mass is 28.4. The molecule has 0 saturated carbocycles. The van der Waals surface area contributed by atoms with Gasteiger partial charge in [-0.15, -0.1) is 0 Å². The second kappa shape index (κ2) is 5.48. The van der Waals surface area contributed by atoms with Gasteiger partial charge in [-0.3, -0.25) is 9.96 Å². The van der Waals surface area contributed by atoms with Gasteiger partial charge in [0.1, 0.15) is 0 Å². The van der Waals surface area contributed by atoms with Crippen molar-refractivity contribution in [2.75, 3.05) is 0 Å². The summed E-state index contributed by atoms with van der Waals surface area (Å²) in [6, 6.07) is 8.33. The Hall–Kier alpha value is -1.30. The van der Waals surface area contributed by atoms with Gasteiger partial charge in [0.05, 0.1) is 0 Å². The molecular formula is C16H28N4Si. The van der Waals surface area contributed by atoms with E-state index in [-0.39, 0.29) is 11.1 Å². The highest BCUT2D eigenvalue weighted by Gasteiger charge is 2.45. The van der Waals surface area contributed by atoms with Gasteiger partial charge >= 0.3 is 8.72 Å². The van der Waals surface area contributed by atoms with Crippen molar-refractivity contribution in [3.8, 4) is 0 Å². The maximum atomic E-state index is 3.88. The van der Waals surface area contributed by atoms with E-state index in [4.69, 9.17) is 0 Å². The van der Waals surface area contributed by atoms with Crippen LogP contribution in [0.15, 0.2) is 49.1 Å². The SMILES string of the molecule is CC(C)(C)N[Si](NC(C)(C)C)(n1cccc1)n1cccc1. The lowest BCUT2D eigenvalue weighted by Gasteiger charge is -2.43. The average molecular weight is 305 g/mol. The molecule has 2 aromatic rings. The molecule has 0 aromatic carbocycles. The Morgan fingerprint density at radius 3 is 1.14 bits per heavy atom. The molecule has 2 aromatic heterocycles. The molecule has 0 atom stereocenters. The van der Waals surface area contributed by atoms with Crippen LogP contribution in [0.3, 0.4) is 0 Å². The van der Waals surface area contributed by atoms with Crippen molar-refractivity contribution < 1.29 is 0 Å². The van der Waals surface area contributed by atoms with E-state index in [0.29, 0.717) is 0 Å². The van der Waals surface area contributed by atoms with Crippen molar-refractivity contribution in [1.29, 1.82) is 0 Å². The summed E-state index contributed by atoms with van der Waals surface area (Å²) in [6.07, 6.45) is 8.57. The number of rotatable bonds is 4. The van der Waals surface area contributed by atoms with Gasteiger partial charge in [-0.1, -0.05) is 0 Å². The van der Waals surface area contributed by atoms with Crippen LogP contribution in [-0.4, -0.2) is 28.3 Å². The maximum absolute atomic E-state index is 3.88. The largest absolute Gasteiger partial charge is 0.442 e. The molecule has 2 N–H and O–H groups in total. The first-order chi connectivity index (χ1) is 9.62. The molecule has 0 saturated heterocycles. The fraction of sp³-hybridized carbons (Fsp3) is 0.500. The van der Waals surface area contributed by atoms with E-state index in [9.17, 15) is 0 Å². The molecule has 4 nitrogen and oxygen atoms in total. The van der Waals surface area contributed by atoms with E-state index in [1.54, 1.807) is 0 Å². The normalized spacial score (nSPS) is 13.6. The van der Waals surface area contributed by atoms with Crippen LogP contribution in [0.25, 0.3) is 0 Å². The molecule has 5 heteroatoms. The molecule has 0 fully saturated rings. The first-order valence-corrected chi connectivity index (χ1v) is 9.37. The number of nitrogens with one attached hydrogen (secondary N) is 2. The highest BCUT2D eigenvalue weighted by Crippen LogP contribution is 2.15. The molecule has 2 heterocycles. The second-order valence-electron chi connectivity index (χ2n) is 7.60. The smallest absolute Gasteiger partial charge is 0.338 e. The summed E-state index contributed by atoms with van der Waals surface area (Å²) >= 11 is 0. The van der Waals surface area contributed by atoms with Crippen molar-refractivity contribution in [2.24, 2.45) is 0 Å². The lowest BCUT2D eigenvalue weighted by Crippen LogP contribution is -2.78. The number of hydrogen-bond donors (Lipinski definition) is 2. The minimum Gasteiger partial charge on any atom is -0.338 e.